The van der Waals surface area contributed by atoms with Crippen LogP contribution in [0.5, 0.6) is 0 Å². The average Bonchev–Trinajstić information content (AvgIpc) is 3.11. The molecule has 0 saturated carbocycles. The topological polar surface area (TPSA) is 46.6 Å². The van der Waals surface area contributed by atoms with Crippen molar-refractivity contribution in [3.63, 3.8) is 0 Å². The Morgan fingerprint density at radius 1 is 1.37 bits per heavy atom. The van der Waals surface area contributed by atoms with Crippen molar-refractivity contribution in [3.8, 4) is 0 Å². The molecule has 0 unspecified atom stereocenters. The number of nitrogens with two attached hydrogens (primary N) is 1. The van der Waals surface area contributed by atoms with Crippen LogP contribution in [0.3, 0.4) is 0 Å². The molecule has 0 amide bonds. The Labute approximate surface area is 120 Å². The highest BCUT2D eigenvalue weighted by molar-refractivity contribution is 7.15. The molecule has 4 nitrogen and oxygen atoms in total. The number of hydrogen-bond acceptors (Lipinski definition) is 5. The van der Waals surface area contributed by atoms with E-state index in [9.17, 15) is 0 Å². The zero-order valence-electron chi connectivity index (χ0n) is 10.7. The SMILES string of the molecule is CCN(Cc1cccs1)c1nc2sccn2c1CN. The summed E-state index contributed by atoms with van der Waals surface area (Å²) >= 11 is 3.42. The lowest BCUT2D eigenvalue weighted by Gasteiger charge is -2.21. The van der Waals surface area contributed by atoms with E-state index in [1.54, 1.807) is 22.7 Å². The van der Waals surface area contributed by atoms with E-state index in [0.29, 0.717) is 6.54 Å². The van der Waals surface area contributed by atoms with Crippen molar-refractivity contribution in [1.82, 2.24) is 9.38 Å². The van der Waals surface area contributed by atoms with E-state index in [4.69, 9.17) is 10.7 Å². The third-order valence-corrected chi connectivity index (χ3v) is 4.76. The summed E-state index contributed by atoms with van der Waals surface area (Å²) in [5, 5.41) is 4.15. The average molecular weight is 292 g/mol. The highest BCUT2D eigenvalue weighted by Gasteiger charge is 2.17. The van der Waals surface area contributed by atoms with Crippen molar-refractivity contribution in [2.24, 2.45) is 5.73 Å². The molecule has 100 valence electrons. The van der Waals surface area contributed by atoms with Crippen LogP contribution >= 0.6 is 22.7 Å². The van der Waals surface area contributed by atoms with Crippen LogP contribution in [0.4, 0.5) is 5.82 Å². The van der Waals surface area contributed by atoms with E-state index in [1.807, 2.05) is 11.6 Å². The van der Waals surface area contributed by atoms with Gasteiger partial charge in [-0.05, 0) is 18.4 Å². The summed E-state index contributed by atoms with van der Waals surface area (Å²) in [7, 11) is 0. The number of rotatable bonds is 5. The minimum absolute atomic E-state index is 0.508. The second-order valence-corrected chi connectivity index (χ2v) is 6.14. The first-order valence-electron chi connectivity index (χ1n) is 6.25. The molecule has 3 aromatic heterocycles. The predicted molar refractivity (Wildman–Crippen MR) is 82.0 cm³/mol. The Hall–Kier alpha value is -1.37. The number of thiophene rings is 1. The van der Waals surface area contributed by atoms with Crippen molar-refractivity contribution < 1.29 is 0 Å². The zero-order valence-corrected chi connectivity index (χ0v) is 12.4. The van der Waals surface area contributed by atoms with E-state index in [2.05, 4.69) is 33.7 Å². The van der Waals surface area contributed by atoms with Crippen molar-refractivity contribution >= 4 is 33.5 Å². The number of thiazole rings is 1. The molecule has 0 bridgehead atoms. The summed E-state index contributed by atoms with van der Waals surface area (Å²) in [6, 6.07) is 4.25. The first-order chi connectivity index (χ1) is 9.33. The van der Waals surface area contributed by atoms with Crippen molar-refractivity contribution in [3.05, 3.63) is 39.7 Å². The van der Waals surface area contributed by atoms with Gasteiger partial charge >= 0.3 is 0 Å². The van der Waals surface area contributed by atoms with E-state index in [-0.39, 0.29) is 0 Å². The second kappa shape index (κ2) is 5.32. The number of nitrogens with zero attached hydrogens (tertiary/aromatic N) is 3. The Morgan fingerprint density at radius 3 is 2.95 bits per heavy atom. The number of anilines is 1. The molecule has 6 heteroatoms. The summed E-state index contributed by atoms with van der Waals surface area (Å²) in [4.78, 5) is 9.37. The summed E-state index contributed by atoms with van der Waals surface area (Å²) in [5.41, 5.74) is 7.00. The molecule has 3 rings (SSSR count). The monoisotopic (exact) mass is 292 g/mol. The van der Waals surface area contributed by atoms with Gasteiger partial charge < -0.3 is 10.6 Å². The van der Waals surface area contributed by atoms with E-state index >= 15 is 0 Å². The number of hydrogen-bond donors (Lipinski definition) is 1. The van der Waals surface area contributed by atoms with Gasteiger partial charge in [0.1, 0.15) is 0 Å². The van der Waals surface area contributed by atoms with Crippen LogP contribution in [0.25, 0.3) is 4.96 Å². The molecule has 3 aromatic rings. The lowest BCUT2D eigenvalue weighted by molar-refractivity contribution is 0.812. The van der Waals surface area contributed by atoms with Gasteiger partial charge in [0.05, 0.1) is 12.2 Å². The number of aromatic nitrogens is 2. The molecule has 0 saturated heterocycles. The van der Waals surface area contributed by atoms with Gasteiger partial charge in [-0.2, -0.15) is 0 Å². The molecule has 0 aromatic carbocycles. The van der Waals surface area contributed by atoms with Gasteiger partial charge in [-0.1, -0.05) is 6.07 Å². The van der Waals surface area contributed by atoms with Crippen LogP contribution in [0.15, 0.2) is 29.1 Å². The lowest BCUT2D eigenvalue weighted by Crippen LogP contribution is -2.23. The molecule has 19 heavy (non-hydrogen) atoms. The predicted octanol–water partition coefficient (Wildman–Crippen LogP) is 2.94. The number of fused-ring (bicyclic) bond motifs is 1. The maximum Gasteiger partial charge on any atom is 0.195 e. The van der Waals surface area contributed by atoms with Crippen molar-refractivity contribution in [1.29, 1.82) is 0 Å². The van der Waals surface area contributed by atoms with E-state index in [1.165, 1.54) is 4.88 Å². The van der Waals surface area contributed by atoms with Gasteiger partial charge in [0.2, 0.25) is 0 Å². The molecule has 0 aliphatic carbocycles. The molecule has 0 fully saturated rings. The van der Waals surface area contributed by atoms with Crippen molar-refractivity contribution in [2.75, 3.05) is 11.4 Å². The lowest BCUT2D eigenvalue weighted by atomic mass is 10.3. The fourth-order valence-electron chi connectivity index (χ4n) is 2.19. The quantitative estimate of drug-likeness (QED) is 0.786. The standard InChI is InChI=1S/C13H16N4S2/c1-2-16(9-10-4-3-6-18-10)12-11(8-14)17-5-7-19-13(17)15-12/h3-7H,2,8-9,14H2,1H3. The summed E-state index contributed by atoms with van der Waals surface area (Å²) < 4.78 is 2.09. The third kappa shape index (κ3) is 2.27. The van der Waals surface area contributed by atoms with Crippen LogP contribution in [0.1, 0.15) is 17.5 Å². The Kier molecular flexibility index (Phi) is 3.54. The fraction of sp³-hybridized carbons (Fsp3) is 0.308. The van der Waals surface area contributed by atoms with Crippen LogP contribution in [0, 0.1) is 0 Å². The summed E-state index contributed by atoms with van der Waals surface area (Å²) in [6.07, 6.45) is 2.04. The van der Waals surface area contributed by atoms with Gasteiger partial charge in [-0.15, -0.1) is 22.7 Å². The molecule has 0 aliphatic heterocycles. The van der Waals surface area contributed by atoms with Gasteiger partial charge in [0.15, 0.2) is 10.8 Å². The van der Waals surface area contributed by atoms with Crippen LogP contribution in [-0.2, 0) is 13.1 Å². The van der Waals surface area contributed by atoms with Crippen LogP contribution in [-0.4, -0.2) is 15.9 Å². The minimum Gasteiger partial charge on any atom is -0.350 e. The first kappa shape index (κ1) is 12.7. The Morgan fingerprint density at radius 2 is 2.26 bits per heavy atom. The van der Waals surface area contributed by atoms with E-state index in [0.717, 1.165) is 29.6 Å². The van der Waals surface area contributed by atoms with Gasteiger partial charge in [0, 0.05) is 29.5 Å². The van der Waals surface area contributed by atoms with Gasteiger partial charge in [-0.3, -0.25) is 4.40 Å². The first-order valence-corrected chi connectivity index (χ1v) is 8.01. The molecule has 0 atom stereocenters. The highest BCUT2D eigenvalue weighted by atomic mass is 32.1. The smallest absolute Gasteiger partial charge is 0.195 e. The molecule has 2 N–H and O–H groups in total. The molecule has 0 radical (unpaired) electrons. The zero-order chi connectivity index (χ0) is 13.2. The summed E-state index contributed by atoms with van der Waals surface area (Å²) in [5.74, 6) is 1.02. The largest absolute Gasteiger partial charge is 0.350 e. The maximum absolute atomic E-state index is 5.91. The third-order valence-electron chi connectivity index (χ3n) is 3.14. The molecule has 0 aliphatic rings. The normalized spacial score (nSPS) is 11.3. The maximum atomic E-state index is 5.91. The molecule has 3 heterocycles. The second-order valence-electron chi connectivity index (χ2n) is 4.24. The van der Waals surface area contributed by atoms with Gasteiger partial charge in [0.25, 0.3) is 0 Å². The van der Waals surface area contributed by atoms with Crippen LogP contribution < -0.4 is 10.6 Å². The van der Waals surface area contributed by atoms with Crippen LogP contribution in [0.2, 0.25) is 0 Å². The minimum atomic E-state index is 0.508. The van der Waals surface area contributed by atoms with Gasteiger partial charge in [-0.25, -0.2) is 4.98 Å². The molecule has 0 spiro atoms. The summed E-state index contributed by atoms with van der Waals surface area (Å²) in [6.45, 7) is 4.48. The van der Waals surface area contributed by atoms with E-state index < -0.39 is 0 Å². The molecular formula is C13H16N4S2. The number of imidazole rings is 1. The molecular weight excluding hydrogens is 276 g/mol. The highest BCUT2D eigenvalue weighted by Crippen LogP contribution is 2.26. The Balaban J connectivity index is 1.98. The Bertz CT molecular complexity index is 653. The van der Waals surface area contributed by atoms with Crippen molar-refractivity contribution in [2.45, 2.75) is 20.0 Å². The fourth-order valence-corrected chi connectivity index (χ4v) is 3.64.